The summed E-state index contributed by atoms with van der Waals surface area (Å²) in [5.41, 5.74) is 1.19. The summed E-state index contributed by atoms with van der Waals surface area (Å²) in [7, 11) is 0. The van der Waals surface area contributed by atoms with Gasteiger partial charge in [0.15, 0.2) is 6.61 Å². The second-order valence-electron chi connectivity index (χ2n) is 6.84. The van der Waals surface area contributed by atoms with Crippen LogP contribution in [0.2, 0.25) is 0 Å². The van der Waals surface area contributed by atoms with Gasteiger partial charge in [-0.25, -0.2) is 4.79 Å². The Morgan fingerprint density at radius 2 is 2.04 bits per heavy atom. The number of amides is 2. The zero-order chi connectivity index (χ0) is 17.2. The molecule has 2 fully saturated rings. The average molecular weight is 342 g/mol. The fourth-order valence-electron chi connectivity index (χ4n) is 3.50. The number of nitrogens with one attached hydrogen (secondary N) is 2. The Kier molecular flexibility index (Phi) is 4.60. The molecule has 0 saturated heterocycles. The summed E-state index contributed by atoms with van der Waals surface area (Å²) in [6.07, 6.45) is 1.60. The number of hydrogen-bond donors (Lipinski definition) is 2. The molecule has 0 radical (unpaired) electrons. The highest BCUT2D eigenvalue weighted by Gasteiger charge is 2.48. The highest BCUT2D eigenvalue weighted by atomic mass is 19.4. The van der Waals surface area contributed by atoms with Crippen molar-refractivity contribution in [2.24, 2.45) is 5.41 Å². The number of ether oxygens (including phenoxy) is 1. The van der Waals surface area contributed by atoms with E-state index in [4.69, 9.17) is 4.74 Å². The summed E-state index contributed by atoms with van der Waals surface area (Å²) >= 11 is 0. The molecule has 2 aliphatic rings. The molecule has 0 atom stereocenters. The van der Waals surface area contributed by atoms with Crippen LogP contribution in [-0.4, -0.2) is 24.9 Å². The molecule has 0 heterocycles. The van der Waals surface area contributed by atoms with E-state index in [1.807, 2.05) is 0 Å². The van der Waals surface area contributed by atoms with E-state index < -0.39 is 12.8 Å². The van der Waals surface area contributed by atoms with Crippen molar-refractivity contribution >= 4 is 6.03 Å². The van der Waals surface area contributed by atoms with E-state index in [9.17, 15) is 18.0 Å². The van der Waals surface area contributed by atoms with Crippen LogP contribution in [-0.2, 0) is 6.54 Å². The van der Waals surface area contributed by atoms with Crippen LogP contribution in [0.5, 0.6) is 5.75 Å². The van der Waals surface area contributed by atoms with Gasteiger partial charge in [-0.15, -0.1) is 0 Å². The summed E-state index contributed by atoms with van der Waals surface area (Å²) in [5.74, 6) is 0.137. The third-order valence-electron chi connectivity index (χ3n) is 4.86. The Labute approximate surface area is 138 Å². The van der Waals surface area contributed by atoms with Gasteiger partial charge in [0.25, 0.3) is 0 Å². The lowest BCUT2D eigenvalue weighted by atomic mass is 9.54. The van der Waals surface area contributed by atoms with E-state index >= 15 is 0 Å². The zero-order valence-electron chi connectivity index (χ0n) is 13.3. The molecule has 3 rings (SSSR count). The third kappa shape index (κ3) is 4.33. The number of carbonyl (C=O) groups excluding carboxylic acids is 1. The van der Waals surface area contributed by atoms with Crippen molar-refractivity contribution < 1.29 is 22.7 Å². The molecule has 0 aromatic heterocycles. The maximum Gasteiger partial charge on any atom is 0.422 e. The van der Waals surface area contributed by atoms with E-state index in [0.29, 0.717) is 11.0 Å². The molecule has 4 nitrogen and oxygen atoms in total. The van der Waals surface area contributed by atoms with Gasteiger partial charge in [0.1, 0.15) is 5.75 Å². The van der Waals surface area contributed by atoms with Gasteiger partial charge in [-0.3, -0.25) is 0 Å². The number of rotatable bonds is 5. The average Bonchev–Trinajstić information content (AvgIpc) is 2.44. The Bertz CT molecular complexity index is 592. The van der Waals surface area contributed by atoms with Gasteiger partial charge in [-0.2, -0.15) is 13.2 Å². The molecule has 0 unspecified atom stereocenters. The number of urea groups is 1. The molecule has 2 amide bonds. The van der Waals surface area contributed by atoms with Crippen molar-refractivity contribution in [1.29, 1.82) is 0 Å². The van der Waals surface area contributed by atoms with Gasteiger partial charge in [-0.05, 0) is 48.8 Å². The Morgan fingerprint density at radius 1 is 1.29 bits per heavy atom. The summed E-state index contributed by atoms with van der Waals surface area (Å²) in [4.78, 5) is 11.9. The van der Waals surface area contributed by atoms with Gasteiger partial charge in [0.2, 0.25) is 0 Å². The maximum absolute atomic E-state index is 12.2. The van der Waals surface area contributed by atoms with Crippen LogP contribution in [0.1, 0.15) is 37.7 Å². The van der Waals surface area contributed by atoms with Gasteiger partial charge in [0.05, 0.1) is 0 Å². The van der Waals surface area contributed by atoms with Gasteiger partial charge in [-0.1, -0.05) is 18.6 Å². The van der Waals surface area contributed by atoms with Gasteiger partial charge < -0.3 is 15.4 Å². The predicted molar refractivity (Wildman–Crippen MR) is 82.7 cm³/mol. The van der Waals surface area contributed by atoms with E-state index in [1.54, 1.807) is 12.1 Å². The second-order valence-corrected chi connectivity index (χ2v) is 6.84. The minimum Gasteiger partial charge on any atom is -0.484 e. The molecule has 2 N–H and O–H groups in total. The predicted octanol–water partition coefficient (Wildman–Crippen LogP) is 3.76. The molecule has 1 aromatic carbocycles. The standard InChI is InChI=1S/C17H21F3N2O2/c18-17(19,20)11-24-14-4-1-3-12(7-14)10-21-15(23)22-13-8-16(9-13)5-2-6-16/h1,3-4,7,13H,2,5-6,8-11H2,(H2,21,22,23). The first-order valence-corrected chi connectivity index (χ1v) is 8.17. The van der Waals surface area contributed by atoms with Gasteiger partial charge in [0, 0.05) is 12.6 Å². The van der Waals surface area contributed by atoms with Crippen LogP contribution in [0.4, 0.5) is 18.0 Å². The molecule has 24 heavy (non-hydrogen) atoms. The molecule has 0 bridgehead atoms. The number of benzene rings is 1. The summed E-state index contributed by atoms with van der Waals surface area (Å²) < 4.78 is 41.1. The lowest BCUT2D eigenvalue weighted by molar-refractivity contribution is -0.153. The monoisotopic (exact) mass is 342 g/mol. The molecule has 1 aromatic rings. The molecule has 132 valence electrons. The maximum atomic E-state index is 12.2. The van der Waals surface area contributed by atoms with E-state index in [2.05, 4.69) is 10.6 Å². The first-order chi connectivity index (χ1) is 11.3. The van der Waals surface area contributed by atoms with Crippen LogP contribution in [0.3, 0.4) is 0 Å². The molecule has 1 spiro atoms. The molecule has 0 aliphatic heterocycles. The smallest absolute Gasteiger partial charge is 0.422 e. The number of alkyl halides is 3. The van der Waals surface area contributed by atoms with E-state index in [1.165, 1.54) is 31.4 Å². The molecule has 2 saturated carbocycles. The minimum absolute atomic E-state index is 0.137. The van der Waals surface area contributed by atoms with Crippen LogP contribution in [0.15, 0.2) is 24.3 Å². The third-order valence-corrected chi connectivity index (χ3v) is 4.86. The van der Waals surface area contributed by atoms with Crippen molar-refractivity contribution in [1.82, 2.24) is 10.6 Å². The molecule has 2 aliphatic carbocycles. The molecular formula is C17H21F3N2O2. The summed E-state index contributed by atoms with van der Waals surface area (Å²) in [6.45, 7) is -1.08. The van der Waals surface area contributed by atoms with Crippen molar-refractivity contribution in [3.05, 3.63) is 29.8 Å². The highest BCUT2D eigenvalue weighted by Crippen LogP contribution is 2.55. The number of carbonyl (C=O) groups is 1. The quantitative estimate of drug-likeness (QED) is 0.856. The van der Waals surface area contributed by atoms with E-state index in [-0.39, 0.29) is 24.4 Å². The van der Waals surface area contributed by atoms with Crippen LogP contribution in [0.25, 0.3) is 0 Å². The lowest BCUT2D eigenvalue weighted by Crippen LogP contribution is -2.55. The van der Waals surface area contributed by atoms with Crippen molar-refractivity contribution in [2.75, 3.05) is 6.61 Å². The Balaban J connectivity index is 1.40. The molecular weight excluding hydrogens is 321 g/mol. The lowest BCUT2D eigenvalue weighted by Gasteiger charge is -2.54. The van der Waals surface area contributed by atoms with Crippen LogP contribution in [0, 0.1) is 5.41 Å². The molecule has 7 heteroatoms. The first kappa shape index (κ1) is 16.9. The Hall–Kier alpha value is -1.92. The SMILES string of the molecule is O=C(NCc1cccc(OCC(F)(F)F)c1)NC1CC2(CCC2)C1. The van der Waals surface area contributed by atoms with E-state index in [0.717, 1.165) is 12.8 Å². The van der Waals surface area contributed by atoms with Crippen LogP contribution < -0.4 is 15.4 Å². The normalized spacial score (nSPS) is 19.3. The minimum atomic E-state index is -4.37. The van der Waals surface area contributed by atoms with Crippen molar-refractivity contribution in [2.45, 2.75) is 50.9 Å². The first-order valence-electron chi connectivity index (χ1n) is 8.17. The van der Waals surface area contributed by atoms with Crippen molar-refractivity contribution in [3.8, 4) is 5.75 Å². The fraction of sp³-hybridized carbons (Fsp3) is 0.588. The topological polar surface area (TPSA) is 50.4 Å². The highest BCUT2D eigenvalue weighted by molar-refractivity contribution is 5.74. The largest absolute Gasteiger partial charge is 0.484 e. The summed E-state index contributed by atoms with van der Waals surface area (Å²) in [6, 6.07) is 6.29. The van der Waals surface area contributed by atoms with Crippen molar-refractivity contribution in [3.63, 3.8) is 0 Å². The Morgan fingerprint density at radius 3 is 2.67 bits per heavy atom. The van der Waals surface area contributed by atoms with Crippen LogP contribution >= 0.6 is 0 Å². The fourth-order valence-corrected chi connectivity index (χ4v) is 3.50. The zero-order valence-corrected chi connectivity index (χ0v) is 13.3. The second kappa shape index (κ2) is 6.53. The number of halogens is 3. The van der Waals surface area contributed by atoms with Gasteiger partial charge >= 0.3 is 12.2 Å². The number of hydrogen-bond acceptors (Lipinski definition) is 2. The summed E-state index contributed by atoms with van der Waals surface area (Å²) in [5, 5.41) is 5.67.